The van der Waals surface area contributed by atoms with E-state index in [0.29, 0.717) is 11.4 Å². The maximum Gasteiger partial charge on any atom is 0.343 e. The molecule has 1 aromatic rings. The van der Waals surface area contributed by atoms with Crippen molar-refractivity contribution in [2.24, 2.45) is 5.73 Å². The van der Waals surface area contributed by atoms with Crippen LogP contribution in [0.2, 0.25) is 0 Å². The lowest BCUT2D eigenvalue weighted by atomic mass is 10.0. The minimum Gasteiger partial charge on any atom is -0.482 e. The average Bonchev–Trinajstić information content (AvgIpc) is 2.35. The Morgan fingerprint density at radius 2 is 1.85 bits per heavy atom. The van der Waals surface area contributed by atoms with Crippen molar-refractivity contribution in [3.63, 3.8) is 0 Å². The quantitative estimate of drug-likeness (QED) is 0.767. The molecule has 3 N–H and O–H groups in total. The second-order valence-corrected chi connectivity index (χ2v) is 5.10. The van der Waals surface area contributed by atoms with Crippen molar-refractivity contribution >= 4 is 17.6 Å². The highest BCUT2D eigenvalue weighted by atomic mass is 16.6. The summed E-state index contributed by atoms with van der Waals surface area (Å²) >= 11 is 0. The van der Waals surface area contributed by atoms with E-state index in [4.69, 9.17) is 10.5 Å². The number of hydrogen-bond donors (Lipinski definition) is 2. The molecule has 0 heterocycles. The number of hydrogen-bond acceptors (Lipinski definition) is 5. The van der Waals surface area contributed by atoms with Gasteiger partial charge in [-0.2, -0.15) is 0 Å². The minimum absolute atomic E-state index is 0.149. The van der Waals surface area contributed by atoms with Crippen LogP contribution in [0.1, 0.15) is 20.3 Å². The molecule has 0 bridgehead atoms. The predicted molar refractivity (Wildman–Crippen MR) is 75.5 cm³/mol. The zero-order valence-corrected chi connectivity index (χ0v) is 11.9. The molecule has 0 atom stereocenters. The Kier molecular flexibility index (Phi) is 5.52. The van der Waals surface area contributed by atoms with Crippen molar-refractivity contribution in [3.05, 3.63) is 24.3 Å². The van der Waals surface area contributed by atoms with Gasteiger partial charge in [-0.15, -0.1) is 0 Å². The molecule has 0 aliphatic rings. The number of carbonyl (C=O) groups excluding carboxylic acids is 2. The summed E-state index contributed by atoms with van der Waals surface area (Å²) in [5.74, 6) is -0.0826. The molecule has 20 heavy (non-hydrogen) atoms. The fourth-order valence-corrected chi connectivity index (χ4v) is 1.45. The van der Waals surface area contributed by atoms with E-state index in [0.717, 1.165) is 0 Å². The van der Waals surface area contributed by atoms with Gasteiger partial charge >= 0.3 is 5.97 Å². The largest absolute Gasteiger partial charge is 0.482 e. The first-order valence-corrected chi connectivity index (χ1v) is 6.18. The van der Waals surface area contributed by atoms with Gasteiger partial charge in [0.15, 0.2) is 6.61 Å². The Balaban J connectivity index is 2.50. The average molecular weight is 280 g/mol. The SMILES string of the molecule is COC(=O)COc1ccc(NC(=O)CC(C)(C)N)cc1. The molecule has 1 aromatic carbocycles. The van der Waals surface area contributed by atoms with Crippen LogP contribution in [0.3, 0.4) is 0 Å². The van der Waals surface area contributed by atoms with E-state index in [1.54, 1.807) is 38.1 Å². The van der Waals surface area contributed by atoms with Gasteiger partial charge < -0.3 is 20.5 Å². The third-order valence-corrected chi connectivity index (χ3v) is 2.34. The number of amides is 1. The minimum atomic E-state index is -0.548. The van der Waals surface area contributed by atoms with Gasteiger partial charge in [0.25, 0.3) is 0 Å². The molecule has 1 amide bonds. The summed E-state index contributed by atoms with van der Waals surface area (Å²) < 4.78 is 9.65. The Morgan fingerprint density at radius 1 is 1.25 bits per heavy atom. The molecule has 0 radical (unpaired) electrons. The lowest BCUT2D eigenvalue weighted by Crippen LogP contribution is -2.36. The number of rotatable bonds is 6. The number of carbonyl (C=O) groups is 2. The number of nitrogens with two attached hydrogens (primary N) is 1. The number of esters is 1. The van der Waals surface area contributed by atoms with Crippen molar-refractivity contribution in [3.8, 4) is 5.75 Å². The summed E-state index contributed by atoms with van der Waals surface area (Å²) in [6.07, 6.45) is 0.230. The van der Waals surface area contributed by atoms with Gasteiger partial charge in [-0.25, -0.2) is 4.79 Å². The van der Waals surface area contributed by atoms with Gasteiger partial charge in [0.2, 0.25) is 5.91 Å². The second-order valence-electron chi connectivity index (χ2n) is 5.10. The maximum atomic E-state index is 11.7. The van der Waals surface area contributed by atoms with Crippen LogP contribution < -0.4 is 15.8 Å². The van der Waals surface area contributed by atoms with Crippen molar-refractivity contribution < 1.29 is 19.1 Å². The van der Waals surface area contributed by atoms with Crippen LogP contribution in [0.5, 0.6) is 5.75 Å². The summed E-state index contributed by atoms with van der Waals surface area (Å²) in [7, 11) is 1.29. The lowest BCUT2D eigenvalue weighted by Gasteiger charge is -2.17. The van der Waals surface area contributed by atoms with Crippen LogP contribution in [0.4, 0.5) is 5.69 Å². The van der Waals surface area contributed by atoms with Crippen molar-refractivity contribution in [2.75, 3.05) is 19.0 Å². The Bertz CT molecular complexity index is 463. The first-order valence-electron chi connectivity index (χ1n) is 6.18. The molecule has 0 aliphatic heterocycles. The topological polar surface area (TPSA) is 90.6 Å². The Labute approximate surface area is 118 Å². The van der Waals surface area contributed by atoms with Crippen LogP contribution in [-0.2, 0) is 14.3 Å². The standard InChI is InChI=1S/C14H20N2O4/c1-14(2,15)8-12(17)16-10-4-6-11(7-5-10)20-9-13(18)19-3/h4-7H,8-9,15H2,1-3H3,(H,16,17). The van der Waals surface area contributed by atoms with E-state index < -0.39 is 11.5 Å². The third-order valence-electron chi connectivity index (χ3n) is 2.34. The molecule has 0 saturated heterocycles. The zero-order chi connectivity index (χ0) is 15.2. The number of nitrogens with one attached hydrogen (secondary N) is 1. The summed E-state index contributed by atoms with van der Waals surface area (Å²) in [4.78, 5) is 22.6. The predicted octanol–water partition coefficient (Wildman–Crippen LogP) is 1.30. The molecular weight excluding hydrogens is 260 g/mol. The lowest BCUT2D eigenvalue weighted by molar-refractivity contribution is -0.142. The fraction of sp³-hybridized carbons (Fsp3) is 0.429. The van der Waals surface area contributed by atoms with Gasteiger partial charge in [0.05, 0.1) is 7.11 Å². The van der Waals surface area contributed by atoms with Gasteiger partial charge in [0, 0.05) is 17.6 Å². The summed E-state index contributed by atoms with van der Waals surface area (Å²) in [5.41, 5.74) is 5.87. The second kappa shape index (κ2) is 6.91. The number of benzene rings is 1. The smallest absolute Gasteiger partial charge is 0.343 e. The van der Waals surface area contributed by atoms with Crippen molar-refractivity contribution in [2.45, 2.75) is 25.8 Å². The van der Waals surface area contributed by atoms with Crippen molar-refractivity contribution in [1.82, 2.24) is 0 Å². The molecule has 0 spiro atoms. The maximum absolute atomic E-state index is 11.7. The molecule has 6 nitrogen and oxygen atoms in total. The van der Waals surface area contributed by atoms with Crippen LogP contribution in [0, 0.1) is 0 Å². The summed E-state index contributed by atoms with van der Waals surface area (Å²) in [6.45, 7) is 3.43. The molecule has 6 heteroatoms. The van der Waals surface area contributed by atoms with Gasteiger partial charge in [0.1, 0.15) is 5.75 Å². The first kappa shape index (κ1) is 16.0. The number of anilines is 1. The normalized spacial score (nSPS) is 10.8. The van der Waals surface area contributed by atoms with Crippen molar-refractivity contribution in [1.29, 1.82) is 0 Å². The molecule has 110 valence electrons. The Hall–Kier alpha value is -2.08. The highest BCUT2D eigenvalue weighted by Crippen LogP contribution is 2.16. The molecule has 0 fully saturated rings. The highest BCUT2D eigenvalue weighted by Gasteiger charge is 2.16. The Morgan fingerprint density at radius 3 is 2.35 bits per heavy atom. The molecule has 0 saturated carbocycles. The molecule has 0 unspecified atom stereocenters. The van der Waals surface area contributed by atoms with Crippen LogP contribution in [-0.4, -0.2) is 31.1 Å². The number of methoxy groups -OCH3 is 1. The number of ether oxygens (including phenoxy) is 2. The fourth-order valence-electron chi connectivity index (χ4n) is 1.45. The van der Waals surface area contributed by atoms with E-state index in [2.05, 4.69) is 10.1 Å². The van der Waals surface area contributed by atoms with E-state index >= 15 is 0 Å². The van der Waals surface area contributed by atoms with Gasteiger partial charge in [-0.3, -0.25) is 4.79 Å². The third kappa shape index (κ3) is 6.19. The van der Waals surface area contributed by atoms with E-state index in [1.807, 2.05) is 0 Å². The highest BCUT2D eigenvalue weighted by molar-refractivity contribution is 5.91. The van der Waals surface area contributed by atoms with Gasteiger partial charge in [-0.05, 0) is 38.1 Å². The van der Waals surface area contributed by atoms with Crippen LogP contribution in [0.25, 0.3) is 0 Å². The van der Waals surface area contributed by atoms with E-state index in [9.17, 15) is 9.59 Å². The zero-order valence-electron chi connectivity index (χ0n) is 11.9. The van der Waals surface area contributed by atoms with Gasteiger partial charge in [-0.1, -0.05) is 0 Å². The van der Waals surface area contributed by atoms with Crippen LogP contribution in [0.15, 0.2) is 24.3 Å². The van der Waals surface area contributed by atoms with Crippen LogP contribution >= 0.6 is 0 Å². The summed E-state index contributed by atoms with van der Waals surface area (Å²) in [5, 5.41) is 2.74. The summed E-state index contributed by atoms with van der Waals surface area (Å²) in [6, 6.07) is 6.69. The van der Waals surface area contributed by atoms with E-state index in [1.165, 1.54) is 7.11 Å². The first-order chi connectivity index (χ1) is 9.30. The molecule has 0 aliphatic carbocycles. The molecular formula is C14H20N2O4. The molecule has 0 aromatic heterocycles. The molecule has 1 rings (SSSR count). The monoisotopic (exact) mass is 280 g/mol. The van der Waals surface area contributed by atoms with E-state index in [-0.39, 0.29) is 18.9 Å².